The Labute approximate surface area is 132 Å². The molecule has 0 bridgehead atoms. The van der Waals surface area contributed by atoms with Gasteiger partial charge in [0.1, 0.15) is 0 Å². The molecule has 126 valence electrons. The lowest BCUT2D eigenvalue weighted by molar-refractivity contribution is -0.0936. The maximum absolute atomic E-state index is 6.31. The second-order valence-corrected chi connectivity index (χ2v) is 6.88. The maximum Gasteiger partial charge on any atom is 0.0807 e. The van der Waals surface area contributed by atoms with Gasteiger partial charge in [0.05, 0.1) is 18.8 Å². The first-order valence-corrected chi connectivity index (χ1v) is 9.07. The Kier molecular flexibility index (Phi) is 9.54. The van der Waals surface area contributed by atoms with Crippen LogP contribution in [0.3, 0.4) is 0 Å². The van der Waals surface area contributed by atoms with Crippen molar-refractivity contribution >= 4 is 0 Å². The van der Waals surface area contributed by atoms with Crippen LogP contribution in [0.25, 0.3) is 0 Å². The summed E-state index contributed by atoms with van der Waals surface area (Å²) in [6, 6.07) is 0.523. The van der Waals surface area contributed by atoms with Crippen LogP contribution in [0.1, 0.15) is 72.6 Å². The molecule has 0 heterocycles. The summed E-state index contributed by atoms with van der Waals surface area (Å²) in [5.74, 6) is 0.904. The van der Waals surface area contributed by atoms with E-state index in [-0.39, 0.29) is 5.60 Å². The molecule has 0 amide bonds. The van der Waals surface area contributed by atoms with Gasteiger partial charge in [-0.25, -0.2) is 0 Å². The van der Waals surface area contributed by atoms with E-state index in [1.165, 1.54) is 38.5 Å². The lowest BCUT2D eigenvalue weighted by Gasteiger charge is -2.40. The van der Waals surface area contributed by atoms with E-state index in [9.17, 15) is 0 Å². The van der Waals surface area contributed by atoms with Crippen molar-refractivity contribution in [3.63, 3.8) is 0 Å². The average molecular weight is 299 g/mol. The average Bonchev–Trinajstić information content (AvgIpc) is 2.50. The number of unbranched alkanes of at least 4 members (excludes halogenated alkanes) is 1. The minimum atomic E-state index is 0.0457. The largest absolute Gasteiger partial charge is 0.379 e. The number of hydrogen-bond donors (Lipinski definition) is 1. The van der Waals surface area contributed by atoms with E-state index in [2.05, 4.69) is 33.0 Å². The van der Waals surface area contributed by atoms with E-state index in [0.29, 0.717) is 6.04 Å². The summed E-state index contributed by atoms with van der Waals surface area (Å²) < 4.78 is 11.9. The summed E-state index contributed by atoms with van der Waals surface area (Å²) in [6.45, 7) is 12.2. The normalized spacial score (nSPS) is 26.4. The van der Waals surface area contributed by atoms with Crippen LogP contribution in [-0.4, -0.2) is 38.0 Å². The van der Waals surface area contributed by atoms with E-state index in [0.717, 1.165) is 38.7 Å². The molecule has 0 aromatic rings. The fourth-order valence-electron chi connectivity index (χ4n) is 3.04. The molecule has 3 nitrogen and oxygen atoms in total. The zero-order chi connectivity index (χ0) is 15.6. The van der Waals surface area contributed by atoms with Gasteiger partial charge in [-0.15, -0.1) is 0 Å². The van der Waals surface area contributed by atoms with Gasteiger partial charge in [0.25, 0.3) is 0 Å². The summed E-state index contributed by atoms with van der Waals surface area (Å²) in [6.07, 6.45) is 8.67. The van der Waals surface area contributed by atoms with Crippen molar-refractivity contribution in [2.75, 3.05) is 26.4 Å². The lowest BCUT2D eigenvalue weighted by atomic mass is 9.77. The molecule has 0 saturated heterocycles. The molecule has 21 heavy (non-hydrogen) atoms. The molecule has 1 aliphatic rings. The topological polar surface area (TPSA) is 30.5 Å². The summed E-state index contributed by atoms with van der Waals surface area (Å²) in [4.78, 5) is 0. The predicted octanol–water partition coefficient (Wildman–Crippen LogP) is 4.16. The molecule has 1 fully saturated rings. The minimum Gasteiger partial charge on any atom is -0.379 e. The van der Waals surface area contributed by atoms with Gasteiger partial charge in [0.2, 0.25) is 0 Å². The van der Waals surface area contributed by atoms with Crippen LogP contribution in [0.5, 0.6) is 0 Å². The van der Waals surface area contributed by atoms with Gasteiger partial charge in [-0.1, -0.05) is 40.5 Å². The van der Waals surface area contributed by atoms with Crippen LogP contribution in [0, 0.1) is 5.92 Å². The Balaban J connectivity index is 2.34. The van der Waals surface area contributed by atoms with Crippen LogP contribution in [0.2, 0.25) is 0 Å². The number of nitrogens with one attached hydrogen (secondary N) is 1. The van der Waals surface area contributed by atoms with Gasteiger partial charge in [0, 0.05) is 19.2 Å². The monoisotopic (exact) mass is 299 g/mol. The Hall–Kier alpha value is -0.120. The number of hydrogen-bond acceptors (Lipinski definition) is 3. The van der Waals surface area contributed by atoms with Crippen LogP contribution < -0.4 is 5.32 Å². The van der Waals surface area contributed by atoms with Crippen molar-refractivity contribution in [2.45, 2.75) is 84.3 Å². The SMILES string of the molecule is CCCCOCCOC1(CNC(C)C)CCC(CC)CC1. The molecule has 3 heteroatoms. The standard InChI is InChI=1S/C18H37NO2/c1-5-7-12-20-13-14-21-18(15-19-16(3)4)10-8-17(6-2)9-11-18/h16-17,19H,5-15H2,1-4H3. The van der Waals surface area contributed by atoms with Gasteiger partial charge in [-0.05, 0) is 38.0 Å². The number of rotatable bonds is 11. The smallest absolute Gasteiger partial charge is 0.0807 e. The van der Waals surface area contributed by atoms with Crippen molar-refractivity contribution in [3.8, 4) is 0 Å². The third kappa shape index (κ3) is 7.62. The highest BCUT2D eigenvalue weighted by atomic mass is 16.5. The Morgan fingerprint density at radius 2 is 1.81 bits per heavy atom. The Morgan fingerprint density at radius 3 is 2.38 bits per heavy atom. The van der Waals surface area contributed by atoms with E-state index >= 15 is 0 Å². The summed E-state index contributed by atoms with van der Waals surface area (Å²) in [7, 11) is 0. The molecular formula is C18H37NO2. The molecule has 0 aromatic carbocycles. The highest BCUT2D eigenvalue weighted by molar-refractivity contribution is 4.89. The fourth-order valence-corrected chi connectivity index (χ4v) is 3.04. The second kappa shape index (κ2) is 10.6. The molecule has 1 saturated carbocycles. The highest BCUT2D eigenvalue weighted by Gasteiger charge is 2.35. The fraction of sp³-hybridized carbons (Fsp3) is 1.00. The van der Waals surface area contributed by atoms with Gasteiger partial charge in [0.15, 0.2) is 0 Å². The lowest BCUT2D eigenvalue weighted by Crippen LogP contribution is -2.48. The highest BCUT2D eigenvalue weighted by Crippen LogP contribution is 2.36. The molecular weight excluding hydrogens is 262 g/mol. The third-order valence-corrected chi connectivity index (χ3v) is 4.70. The quantitative estimate of drug-likeness (QED) is 0.581. The summed E-state index contributed by atoms with van der Waals surface area (Å²) in [5.41, 5.74) is 0.0457. The third-order valence-electron chi connectivity index (χ3n) is 4.70. The van der Waals surface area contributed by atoms with E-state index < -0.39 is 0 Å². The molecule has 0 aromatic heterocycles. The van der Waals surface area contributed by atoms with Crippen molar-refractivity contribution in [3.05, 3.63) is 0 Å². The summed E-state index contributed by atoms with van der Waals surface area (Å²) >= 11 is 0. The van der Waals surface area contributed by atoms with E-state index in [4.69, 9.17) is 9.47 Å². The van der Waals surface area contributed by atoms with Crippen molar-refractivity contribution < 1.29 is 9.47 Å². The zero-order valence-electron chi connectivity index (χ0n) is 14.7. The maximum atomic E-state index is 6.31. The second-order valence-electron chi connectivity index (χ2n) is 6.88. The molecule has 0 unspecified atom stereocenters. The molecule has 0 atom stereocenters. The van der Waals surface area contributed by atoms with Crippen LogP contribution in [0.15, 0.2) is 0 Å². The molecule has 1 rings (SSSR count). The first-order valence-electron chi connectivity index (χ1n) is 9.07. The molecule has 0 aliphatic heterocycles. The van der Waals surface area contributed by atoms with Crippen molar-refractivity contribution in [1.82, 2.24) is 5.32 Å². The molecule has 1 aliphatic carbocycles. The Morgan fingerprint density at radius 1 is 1.10 bits per heavy atom. The summed E-state index contributed by atoms with van der Waals surface area (Å²) in [5, 5.41) is 3.58. The van der Waals surface area contributed by atoms with Gasteiger partial charge in [-0.2, -0.15) is 0 Å². The molecule has 0 radical (unpaired) electrons. The first kappa shape index (κ1) is 18.9. The predicted molar refractivity (Wildman–Crippen MR) is 89.8 cm³/mol. The van der Waals surface area contributed by atoms with Crippen LogP contribution >= 0.6 is 0 Å². The van der Waals surface area contributed by atoms with Gasteiger partial charge < -0.3 is 14.8 Å². The van der Waals surface area contributed by atoms with Crippen LogP contribution in [-0.2, 0) is 9.47 Å². The van der Waals surface area contributed by atoms with Gasteiger partial charge >= 0.3 is 0 Å². The molecule has 0 spiro atoms. The van der Waals surface area contributed by atoms with Crippen LogP contribution in [0.4, 0.5) is 0 Å². The minimum absolute atomic E-state index is 0.0457. The molecule has 1 N–H and O–H groups in total. The van der Waals surface area contributed by atoms with E-state index in [1.54, 1.807) is 0 Å². The number of ether oxygens (including phenoxy) is 2. The Bertz CT molecular complexity index is 248. The first-order chi connectivity index (χ1) is 10.1. The van der Waals surface area contributed by atoms with Crippen molar-refractivity contribution in [1.29, 1.82) is 0 Å². The van der Waals surface area contributed by atoms with Gasteiger partial charge in [-0.3, -0.25) is 0 Å². The zero-order valence-corrected chi connectivity index (χ0v) is 14.7. The van der Waals surface area contributed by atoms with Crippen molar-refractivity contribution in [2.24, 2.45) is 5.92 Å². The van der Waals surface area contributed by atoms with E-state index in [1.807, 2.05) is 0 Å².